The van der Waals surface area contributed by atoms with E-state index in [9.17, 15) is 4.79 Å². The number of rotatable bonds is 5. The molecule has 1 saturated heterocycles. The Labute approximate surface area is 139 Å². The highest BCUT2D eigenvalue weighted by Gasteiger charge is 2.34. The van der Waals surface area contributed by atoms with Gasteiger partial charge in [0.1, 0.15) is 5.75 Å². The lowest BCUT2D eigenvalue weighted by molar-refractivity contribution is -0.131. The fourth-order valence-electron chi connectivity index (χ4n) is 2.67. The van der Waals surface area contributed by atoms with Crippen LogP contribution in [0.1, 0.15) is 30.9 Å². The summed E-state index contributed by atoms with van der Waals surface area (Å²) < 4.78 is 5.75. The number of amides is 1. The second-order valence-electron chi connectivity index (χ2n) is 6.45. The van der Waals surface area contributed by atoms with E-state index < -0.39 is 0 Å². The molecule has 1 unspecified atom stereocenters. The minimum atomic E-state index is 0. The molecule has 1 aromatic carbocycles. The monoisotopic (exact) mass is 326 g/mol. The molecule has 0 spiro atoms. The number of hydrogen-bond donors (Lipinski definition) is 1. The summed E-state index contributed by atoms with van der Waals surface area (Å²) in [5, 5.41) is 0. The highest BCUT2D eigenvalue weighted by molar-refractivity contribution is 5.85. The van der Waals surface area contributed by atoms with Gasteiger partial charge >= 0.3 is 0 Å². The number of ether oxygens (including phenoxy) is 1. The average Bonchev–Trinajstić information content (AvgIpc) is 2.86. The van der Waals surface area contributed by atoms with E-state index in [1.54, 1.807) is 0 Å². The Hall–Kier alpha value is -1.26. The van der Waals surface area contributed by atoms with Gasteiger partial charge in [0.05, 0.1) is 13.0 Å². The number of nitrogens with zero attached hydrogens (tertiary/aromatic N) is 1. The first-order chi connectivity index (χ1) is 9.93. The Balaban J connectivity index is 0.00000242. The van der Waals surface area contributed by atoms with E-state index in [1.165, 1.54) is 5.56 Å². The quantitative estimate of drug-likeness (QED) is 0.905. The maximum absolute atomic E-state index is 12.2. The summed E-state index contributed by atoms with van der Waals surface area (Å²) in [5.41, 5.74) is 8.13. The average molecular weight is 327 g/mol. The highest BCUT2D eigenvalue weighted by atomic mass is 35.5. The molecule has 1 amide bonds. The SMILES string of the molecule is Cc1ccc(C)c(OCCC(=O)N2CCC(C)(CN)C2)c1.Cl. The Morgan fingerprint density at radius 1 is 1.41 bits per heavy atom. The lowest BCUT2D eigenvalue weighted by Crippen LogP contribution is -2.35. The van der Waals surface area contributed by atoms with Gasteiger partial charge in [-0.05, 0) is 49.4 Å². The van der Waals surface area contributed by atoms with E-state index in [0.717, 1.165) is 30.8 Å². The highest BCUT2D eigenvalue weighted by Crippen LogP contribution is 2.28. The first kappa shape index (κ1) is 18.8. The third-order valence-corrected chi connectivity index (χ3v) is 4.32. The van der Waals surface area contributed by atoms with Crippen molar-refractivity contribution >= 4 is 18.3 Å². The molecular formula is C17H27ClN2O2. The molecule has 0 aromatic heterocycles. The van der Waals surface area contributed by atoms with E-state index in [1.807, 2.05) is 30.9 Å². The van der Waals surface area contributed by atoms with Crippen LogP contribution in [0.4, 0.5) is 0 Å². The van der Waals surface area contributed by atoms with Gasteiger partial charge in [-0.15, -0.1) is 12.4 Å². The maximum Gasteiger partial charge on any atom is 0.226 e. The van der Waals surface area contributed by atoms with Crippen LogP contribution >= 0.6 is 12.4 Å². The van der Waals surface area contributed by atoms with Gasteiger partial charge in [0.15, 0.2) is 0 Å². The molecule has 1 aromatic rings. The molecule has 1 atom stereocenters. The van der Waals surface area contributed by atoms with Gasteiger partial charge in [-0.3, -0.25) is 4.79 Å². The van der Waals surface area contributed by atoms with Crippen molar-refractivity contribution in [2.45, 2.75) is 33.6 Å². The van der Waals surface area contributed by atoms with Crippen LogP contribution in [0.15, 0.2) is 18.2 Å². The van der Waals surface area contributed by atoms with Crippen LogP contribution in [0.25, 0.3) is 0 Å². The smallest absolute Gasteiger partial charge is 0.226 e. The van der Waals surface area contributed by atoms with Crippen LogP contribution in [0.5, 0.6) is 5.75 Å². The molecule has 5 heteroatoms. The number of carbonyl (C=O) groups excluding carboxylic acids is 1. The van der Waals surface area contributed by atoms with Crippen molar-refractivity contribution in [3.63, 3.8) is 0 Å². The third kappa shape index (κ3) is 4.62. The molecule has 1 aliphatic rings. The van der Waals surface area contributed by atoms with Crippen LogP contribution in [-0.2, 0) is 4.79 Å². The van der Waals surface area contributed by atoms with Crippen molar-refractivity contribution in [1.29, 1.82) is 0 Å². The summed E-state index contributed by atoms with van der Waals surface area (Å²) in [4.78, 5) is 14.1. The van der Waals surface area contributed by atoms with E-state index in [2.05, 4.69) is 13.0 Å². The predicted octanol–water partition coefficient (Wildman–Crippen LogP) is 2.69. The van der Waals surface area contributed by atoms with Crippen LogP contribution in [-0.4, -0.2) is 37.0 Å². The molecule has 0 aliphatic carbocycles. The number of benzene rings is 1. The summed E-state index contributed by atoms with van der Waals surface area (Å²) >= 11 is 0. The molecule has 2 rings (SSSR count). The molecule has 124 valence electrons. The van der Waals surface area contributed by atoms with Gasteiger partial charge in [0.25, 0.3) is 0 Å². The van der Waals surface area contributed by atoms with Gasteiger partial charge in [-0.2, -0.15) is 0 Å². The number of likely N-dealkylation sites (tertiary alicyclic amines) is 1. The Morgan fingerprint density at radius 3 is 2.77 bits per heavy atom. The molecule has 0 radical (unpaired) electrons. The van der Waals surface area contributed by atoms with Crippen molar-refractivity contribution in [3.8, 4) is 5.75 Å². The molecule has 0 bridgehead atoms. The van der Waals surface area contributed by atoms with Gasteiger partial charge in [-0.25, -0.2) is 0 Å². The minimum Gasteiger partial charge on any atom is -0.493 e. The van der Waals surface area contributed by atoms with Crippen molar-refractivity contribution in [3.05, 3.63) is 29.3 Å². The van der Waals surface area contributed by atoms with Gasteiger partial charge in [0, 0.05) is 13.1 Å². The third-order valence-electron chi connectivity index (χ3n) is 4.32. The summed E-state index contributed by atoms with van der Waals surface area (Å²) in [6, 6.07) is 6.12. The predicted molar refractivity (Wildman–Crippen MR) is 91.6 cm³/mol. The van der Waals surface area contributed by atoms with Gasteiger partial charge in [-0.1, -0.05) is 19.1 Å². The molecule has 1 aliphatic heterocycles. The van der Waals surface area contributed by atoms with Crippen LogP contribution < -0.4 is 10.5 Å². The Morgan fingerprint density at radius 2 is 2.14 bits per heavy atom. The van der Waals surface area contributed by atoms with E-state index in [0.29, 0.717) is 19.6 Å². The second kappa shape index (κ2) is 7.84. The van der Waals surface area contributed by atoms with Crippen LogP contribution in [0.3, 0.4) is 0 Å². The second-order valence-corrected chi connectivity index (χ2v) is 6.45. The molecule has 0 saturated carbocycles. The zero-order valence-electron chi connectivity index (χ0n) is 13.7. The lowest BCUT2D eigenvalue weighted by Gasteiger charge is -2.22. The molecule has 1 heterocycles. The zero-order chi connectivity index (χ0) is 15.5. The Bertz CT molecular complexity index is 521. The standard InChI is InChI=1S/C17H26N2O2.ClH/c1-13-4-5-14(2)15(10-13)21-9-6-16(20)19-8-7-17(3,11-18)12-19;/h4-5,10H,6-9,11-12,18H2,1-3H3;1H. The number of hydrogen-bond acceptors (Lipinski definition) is 3. The van der Waals surface area contributed by atoms with Crippen molar-refractivity contribution in [2.75, 3.05) is 26.2 Å². The van der Waals surface area contributed by atoms with E-state index >= 15 is 0 Å². The molecule has 1 fully saturated rings. The first-order valence-corrected chi connectivity index (χ1v) is 7.61. The summed E-state index contributed by atoms with van der Waals surface area (Å²) in [6.45, 7) is 8.85. The fraction of sp³-hybridized carbons (Fsp3) is 0.588. The van der Waals surface area contributed by atoms with Crippen LogP contribution in [0, 0.1) is 19.3 Å². The normalized spacial score (nSPS) is 20.6. The Kier molecular flexibility index (Phi) is 6.69. The molecule has 22 heavy (non-hydrogen) atoms. The number of nitrogens with two attached hydrogens (primary N) is 1. The topological polar surface area (TPSA) is 55.6 Å². The minimum absolute atomic E-state index is 0. The van der Waals surface area contributed by atoms with Crippen LogP contribution in [0.2, 0.25) is 0 Å². The first-order valence-electron chi connectivity index (χ1n) is 7.61. The molecular weight excluding hydrogens is 300 g/mol. The number of aryl methyl sites for hydroxylation is 2. The van der Waals surface area contributed by atoms with Gasteiger partial charge in [0.2, 0.25) is 5.91 Å². The summed E-state index contributed by atoms with van der Waals surface area (Å²) in [5.74, 6) is 1.04. The fourth-order valence-corrected chi connectivity index (χ4v) is 2.67. The van der Waals surface area contributed by atoms with Crippen molar-refractivity contribution in [2.24, 2.45) is 11.1 Å². The summed E-state index contributed by atoms with van der Waals surface area (Å²) in [7, 11) is 0. The zero-order valence-corrected chi connectivity index (χ0v) is 14.5. The summed E-state index contributed by atoms with van der Waals surface area (Å²) in [6.07, 6.45) is 1.42. The van der Waals surface area contributed by atoms with E-state index in [-0.39, 0.29) is 23.7 Å². The van der Waals surface area contributed by atoms with Crippen molar-refractivity contribution in [1.82, 2.24) is 4.90 Å². The number of carbonyl (C=O) groups is 1. The lowest BCUT2D eigenvalue weighted by atomic mass is 9.90. The van der Waals surface area contributed by atoms with E-state index in [4.69, 9.17) is 10.5 Å². The van der Waals surface area contributed by atoms with Gasteiger partial charge < -0.3 is 15.4 Å². The number of halogens is 1. The van der Waals surface area contributed by atoms with Crippen molar-refractivity contribution < 1.29 is 9.53 Å². The maximum atomic E-state index is 12.2. The largest absolute Gasteiger partial charge is 0.493 e. The molecule has 2 N–H and O–H groups in total. The molecule has 4 nitrogen and oxygen atoms in total.